The van der Waals surface area contributed by atoms with Crippen LogP contribution in [0.1, 0.15) is 60.0 Å². The van der Waals surface area contributed by atoms with Crippen LogP contribution < -0.4 is 10.6 Å². The maximum absolute atomic E-state index is 12.6. The molecule has 2 aromatic rings. The van der Waals surface area contributed by atoms with Crippen molar-refractivity contribution in [2.75, 3.05) is 5.32 Å². The number of aromatic nitrogens is 1. The molecule has 1 heterocycles. The summed E-state index contributed by atoms with van der Waals surface area (Å²) in [4.78, 5) is 16.8. The first-order valence-corrected chi connectivity index (χ1v) is 9.22. The SMILES string of the molecule is Cc1ccc(C)c(Nc2cncc(C(=O)NC3CCCCCC3)c2)c1. The van der Waals surface area contributed by atoms with E-state index in [2.05, 4.69) is 47.7 Å². The number of hydrogen-bond donors (Lipinski definition) is 2. The van der Waals surface area contributed by atoms with Gasteiger partial charge in [-0.3, -0.25) is 9.78 Å². The van der Waals surface area contributed by atoms with Crippen LogP contribution in [-0.4, -0.2) is 16.9 Å². The summed E-state index contributed by atoms with van der Waals surface area (Å²) in [6.45, 7) is 4.14. The molecule has 0 unspecified atom stereocenters. The second-order valence-corrected chi connectivity index (χ2v) is 7.07. The Morgan fingerprint density at radius 3 is 2.56 bits per heavy atom. The van der Waals surface area contributed by atoms with Crippen molar-refractivity contribution in [3.8, 4) is 0 Å². The van der Waals surface area contributed by atoms with Crippen molar-refractivity contribution in [3.63, 3.8) is 0 Å². The van der Waals surface area contributed by atoms with E-state index in [0.29, 0.717) is 11.6 Å². The van der Waals surface area contributed by atoms with Gasteiger partial charge in [0.2, 0.25) is 0 Å². The molecule has 132 valence electrons. The van der Waals surface area contributed by atoms with E-state index in [1.807, 2.05) is 6.07 Å². The first kappa shape index (κ1) is 17.5. The Bertz CT molecular complexity index is 734. The van der Waals surface area contributed by atoms with Crippen LogP contribution in [0, 0.1) is 13.8 Å². The fourth-order valence-corrected chi connectivity index (χ4v) is 3.35. The Kier molecular flexibility index (Phi) is 5.69. The van der Waals surface area contributed by atoms with Gasteiger partial charge in [-0.05, 0) is 49.9 Å². The van der Waals surface area contributed by atoms with E-state index in [9.17, 15) is 4.79 Å². The van der Waals surface area contributed by atoms with E-state index < -0.39 is 0 Å². The van der Waals surface area contributed by atoms with Crippen LogP contribution in [0.2, 0.25) is 0 Å². The van der Waals surface area contributed by atoms with Crippen LogP contribution in [0.25, 0.3) is 0 Å². The predicted octanol–water partition coefficient (Wildman–Crippen LogP) is 4.89. The first-order chi connectivity index (χ1) is 12.1. The zero-order valence-corrected chi connectivity index (χ0v) is 15.1. The smallest absolute Gasteiger partial charge is 0.253 e. The molecule has 0 aliphatic heterocycles. The molecule has 0 atom stereocenters. The third-order valence-electron chi connectivity index (χ3n) is 4.86. The molecule has 1 aliphatic rings. The third kappa shape index (κ3) is 4.81. The van der Waals surface area contributed by atoms with Crippen molar-refractivity contribution in [2.24, 2.45) is 0 Å². The zero-order valence-electron chi connectivity index (χ0n) is 15.1. The molecule has 1 aromatic heterocycles. The van der Waals surface area contributed by atoms with Crippen molar-refractivity contribution < 1.29 is 4.79 Å². The molecule has 0 bridgehead atoms. The second-order valence-electron chi connectivity index (χ2n) is 7.07. The summed E-state index contributed by atoms with van der Waals surface area (Å²) in [5, 5.41) is 6.56. The summed E-state index contributed by atoms with van der Waals surface area (Å²) in [6.07, 6.45) is 10.5. The van der Waals surface area contributed by atoms with Crippen molar-refractivity contribution in [2.45, 2.75) is 58.4 Å². The highest BCUT2D eigenvalue weighted by atomic mass is 16.1. The number of amides is 1. The van der Waals surface area contributed by atoms with Gasteiger partial charge in [0.05, 0.1) is 17.4 Å². The number of benzene rings is 1. The molecule has 4 heteroatoms. The fraction of sp³-hybridized carbons (Fsp3) is 0.429. The van der Waals surface area contributed by atoms with Gasteiger partial charge in [-0.15, -0.1) is 0 Å². The normalized spacial score (nSPS) is 15.4. The van der Waals surface area contributed by atoms with Crippen LogP contribution in [-0.2, 0) is 0 Å². The summed E-state index contributed by atoms with van der Waals surface area (Å²) in [6, 6.07) is 8.46. The van der Waals surface area contributed by atoms with Gasteiger partial charge in [0.25, 0.3) is 5.91 Å². The highest BCUT2D eigenvalue weighted by Gasteiger charge is 2.16. The zero-order chi connectivity index (χ0) is 17.6. The highest BCUT2D eigenvalue weighted by molar-refractivity contribution is 5.95. The molecular formula is C21H27N3O. The van der Waals surface area contributed by atoms with Gasteiger partial charge in [-0.25, -0.2) is 0 Å². The molecule has 1 aromatic carbocycles. The molecule has 0 saturated heterocycles. The molecule has 1 aliphatic carbocycles. The monoisotopic (exact) mass is 337 g/mol. The highest BCUT2D eigenvalue weighted by Crippen LogP contribution is 2.22. The Hall–Kier alpha value is -2.36. The number of nitrogens with one attached hydrogen (secondary N) is 2. The number of nitrogens with zero attached hydrogens (tertiary/aromatic N) is 1. The number of carbonyl (C=O) groups excluding carboxylic acids is 1. The minimum absolute atomic E-state index is 0.0241. The molecule has 0 spiro atoms. The average Bonchev–Trinajstić information content (AvgIpc) is 2.87. The number of carbonyl (C=O) groups is 1. The van der Waals surface area contributed by atoms with E-state index in [1.165, 1.54) is 36.8 Å². The van der Waals surface area contributed by atoms with Crippen molar-refractivity contribution in [3.05, 3.63) is 53.3 Å². The summed E-state index contributed by atoms with van der Waals surface area (Å²) in [5.74, 6) is -0.0241. The van der Waals surface area contributed by atoms with Gasteiger partial charge >= 0.3 is 0 Å². The van der Waals surface area contributed by atoms with Gasteiger partial charge < -0.3 is 10.6 Å². The van der Waals surface area contributed by atoms with Crippen LogP contribution in [0.15, 0.2) is 36.7 Å². The molecule has 3 rings (SSSR count). The molecule has 1 amide bonds. The minimum atomic E-state index is -0.0241. The van der Waals surface area contributed by atoms with Crippen molar-refractivity contribution in [1.29, 1.82) is 0 Å². The number of anilines is 2. The van der Waals surface area contributed by atoms with Crippen LogP contribution in [0.5, 0.6) is 0 Å². The topological polar surface area (TPSA) is 54.0 Å². The Morgan fingerprint density at radius 2 is 1.80 bits per heavy atom. The Labute approximate surface area is 150 Å². The van der Waals surface area contributed by atoms with Gasteiger partial charge in [0.1, 0.15) is 0 Å². The summed E-state index contributed by atoms with van der Waals surface area (Å²) >= 11 is 0. The largest absolute Gasteiger partial charge is 0.354 e. The lowest BCUT2D eigenvalue weighted by molar-refractivity contribution is 0.0933. The molecule has 2 N–H and O–H groups in total. The van der Waals surface area contributed by atoms with E-state index >= 15 is 0 Å². The number of hydrogen-bond acceptors (Lipinski definition) is 3. The lowest BCUT2D eigenvalue weighted by Gasteiger charge is -2.16. The van der Waals surface area contributed by atoms with Crippen molar-refractivity contribution in [1.82, 2.24) is 10.3 Å². The van der Waals surface area contributed by atoms with Gasteiger partial charge in [-0.1, -0.05) is 37.8 Å². The van der Waals surface area contributed by atoms with E-state index in [0.717, 1.165) is 24.2 Å². The van der Waals surface area contributed by atoms with Crippen LogP contribution in [0.3, 0.4) is 0 Å². The maximum Gasteiger partial charge on any atom is 0.253 e. The lowest BCUT2D eigenvalue weighted by atomic mass is 10.1. The Morgan fingerprint density at radius 1 is 1.04 bits per heavy atom. The summed E-state index contributed by atoms with van der Waals surface area (Å²) in [7, 11) is 0. The van der Waals surface area contributed by atoms with Crippen LogP contribution >= 0.6 is 0 Å². The standard InChI is InChI=1S/C21H27N3O/c1-15-9-10-16(2)20(11-15)23-19-12-17(13-22-14-19)21(25)24-18-7-5-3-4-6-8-18/h9-14,18,23H,3-8H2,1-2H3,(H,24,25). The van der Waals surface area contributed by atoms with Gasteiger partial charge in [-0.2, -0.15) is 0 Å². The minimum Gasteiger partial charge on any atom is -0.354 e. The number of rotatable bonds is 4. The van der Waals surface area contributed by atoms with E-state index in [1.54, 1.807) is 12.4 Å². The van der Waals surface area contributed by atoms with E-state index in [-0.39, 0.29) is 5.91 Å². The van der Waals surface area contributed by atoms with Gasteiger partial charge in [0, 0.05) is 17.9 Å². The van der Waals surface area contributed by atoms with Gasteiger partial charge in [0.15, 0.2) is 0 Å². The summed E-state index contributed by atoms with van der Waals surface area (Å²) in [5.41, 5.74) is 4.85. The lowest BCUT2D eigenvalue weighted by Crippen LogP contribution is -2.34. The molecular weight excluding hydrogens is 310 g/mol. The second kappa shape index (κ2) is 8.15. The molecule has 4 nitrogen and oxygen atoms in total. The van der Waals surface area contributed by atoms with Crippen LogP contribution in [0.4, 0.5) is 11.4 Å². The molecule has 0 radical (unpaired) electrons. The quantitative estimate of drug-likeness (QED) is 0.781. The number of aryl methyl sites for hydroxylation is 2. The van der Waals surface area contributed by atoms with Crippen molar-refractivity contribution >= 4 is 17.3 Å². The summed E-state index contributed by atoms with van der Waals surface area (Å²) < 4.78 is 0. The Balaban J connectivity index is 1.70. The predicted molar refractivity (Wildman–Crippen MR) is 102 cm³/mol. The number of pyridine rings is 1. The first-order valence-electron chi connectivity index (χ1n) is 9.22. The van der Waals surface area contributed by atoms with E-state index in [4.69, 9.17) is 0 Å². The average molecular weight is 337 g/mol. The fourth-order valence-electron chi connectivity index (χ4n) is 3.35. The third-order valence-corrected chi connectivity index (χ3v) is 4.86. The molecule has 1 saturated carbocycles. The molecule has 1 fully saturated rings. The maximum atomic E-state index is 12.6. The molecule has 25 heavy (non-hydrogen) atoms.